The Hall–Kier alpha value is -3.12. The predicted molar refractivity (Wildman–Crippen MR) is 119 cm³/mol. The van der Waals surface area contributed by atoms with Crippen LogP contribution in [0, 0.1) is 0 Å². The van der Waals surface area contributed by atoms with Crippen LogP contribution in [0.4, 0.5) is 5.69 Å². The minimum atomic E-state index is -0.198. The summed E-state index contributed by atoms with van der Waals surface area (Å²) in [7, 11) is 0. The average Bonchev–Trinajstić information content (AvgIpc) is 3.31. The number of carbonyl (C=O) groups excluding carboxylic acids is 2. The maximum absolute atomic E-state index is 12.8. The largest absolute Gasteiger partial charge is 0.482 e. The van der Waals surface area contributed by atoms with Crippen molar-refractivity contribution < 1.29 is 14.3 Å². The lowest BCUT2D eigenvalue weighted by molar-refractivity contribution is -0.122. The predicted octanol–water partition coefficient (Wildman–Crippen LogP) is 4.33. The number of nitrogens with one attached hydrogen (secondary N) is 1. The van der Waals surface area contributed by atoms with Crippen LogP contribution in [0.25, 0.3) is 0 Å². The van der Waals surface area contributed by atoms with Crippen LogP contribution in [0.1, 0.15) is 35.4 Å². The van der Waals surface area contributed by atoms with Gasteiger partial charge in [0.25, 0.3) is 5.91 Å². The Morgan fingerprint density at radius 2 is 1.93 bits per heavy atom. The molecule has 4 rings (SSSR count). The van der Waals surface area contributed by atoms with Crippen LogP contribution in [0.5, 0.6) is 5.75 Å². The first-order chi connectivity index (χ1) is 14.7. The number of para-hydroxylation sites is 2. The molecular weight excluding hydrogens is 396 g/mol. The molecule has 0 spiro atoms. The number of ether oxygens (including phenoxy) is 1. The van der Waals surface area contributed by atoms with Gasteiger partial charge in [0, 0.05) is 17.8 Å². The molecule has 1 unspecified atom stereocenters. The number of hydrogen-bond acceptors (Lipinski definition) is 4. The van der Waals surface area contributed by atoms with Gasteiger partial charge in [0.15, 0.2) is 6.61 Å². The highest BCUT2D eigenvalue weighted by molar-refractivity contribution is 7.10. The van der Waals surface area contributed by atoms with Crippen LogP contribution < -0.4 is 15.0 Å². The molecule has 30 heavy (non-hydrogen) atoms. The minimum Gasteiger partial charge on any atom is -0.482 e. The van der Waals surface area contributed by atoms with Gasteiger partial charge in [-0.15, -0.1) is 11.3 Å². The van der Waals surface area contributed by atoms with Crippen LogP contribution in [0.3, 0.4) is 0 Å². The summed E-state index contributed by atoms with van der Waals surface area (Å²) < 4.78 is 5.47. The molecule has 0 radical (unpaired) electrons. The maximum atomic E-state index is 12.8. The SMILES string of the molecule is CCc1ccc(C(NC(=O)CCN2C(=O)COc3ccccc32)c2cccs2)cc1. The third-order valence-corrected chi connectivity index (χ3v) is 6.16. The van der Waals surface area contributed by atoms with Crippen molar-refractivity contribution in [3.05, 3.63) is 82.0 Å². The molecule has 154 valence electrons. The van der Waals surface area contributed by atoms with Gasteiger partial charge < -0.3 is 15.0 Å². The lowest BCUT2D eigenvalue weighted by atomic mass is 10.0. The Labute approximate surface area is 180 Å². The second-order valence-electron chi connectivity index (χ2n) is 7.16. The number of carbonyl (C=O) groups is 2. The molecule has 0 fully saturated rings. The second-order valence-corrected chi connectivity index (χ2v) is 8.14. The van der Waals surface area contributed by atoms with E-state index >= 15 is 0 Å². The first-order valence-electron chi connectivity index (χ1n) is 10.1. The molecule has 5 nitrogen and oxygen atoms in total. The zero-order chi connectivity index (χ0) is 20.9. The van der Waals surface area contributed by atoms with Gasteiger partial charge in [0.1, 0.15) is 5.75 Å². The van der Waals surface area contributed by atoms with Gasteiger partial charge in [0.05, 0.1) is 11.7 Å². The van der Waals surface area contributed by atoms with Crippen LogP contribution in [0.2, 0.25) is 0 Å². The second kappa shape index (κ2) is 9.13. The quantitative estimate of drug-likeness (QED) is 0.619. The summed E-state index contributed by atoms with van der Waals surface area (Å²) in [5, 5.41) is 5.17. The third kappa shape index (κ3) is 4.39. The van der Waals surface area contributed by atoms with Gasteiger partial charge in [-0.25, -0.2) is 0 Å². The van der Waals surface area contributed by atoms with Crippen LogP contribution in [-0.2, 0) is 16.0 Å². The molecule has 1 N–H and O–H groups in total. The van der Waals surface area contributed by atoms with E-state index < -0.39 is 0 Å². The summed E-state index contributed by atoms with van der Waals surface area (Å²) in [6.45, 7) is 2.44. The van der Waals surface area contributed by atoms with E-state index in [2.05, 4.69) is 36.5 Å². The van der Waals surface area contributed by atoms with E-state index in [0.717, 1.165) is 16.9 Å². The number of hydrogen-bond donors (Lipinski definition) is 1. The number of amides is 2. The van der Waals surface area contributed by atoms with Crippen molar-refractivity contribution in [2.45, 2.75) is 25.8 Å². The van der Waals surface area contributed by atoms with Crippen LogP contribution in [-0.4, -0.2) is 25.0 Å². The number of fused-ring (bicyclic) bond motifs is 1. The zero-order valence-electron chi connectivity index (χ0n) is 16.8. The highest BCUT2D eigenvalue weighted by Crippen LogP contribution is 2.31. The summed E-state index contributed by atoms with van der Waals surface area (Å²) in [5.41, 5.74) is 3.03. The van der Waals surface area contributed by atoms with Crippen molar-refractivity contribution in [3.63, 3.8) is 0 Å². The number of rotatable bonds is 7. The molecule has 2 amide bonds. The highest BCUT2D eigenvalue weighted by atomic mass is 32.1. The standard InChI is InChI=1S/C24H24N2O3S/c1-2-17-9-11-18(12-10-17)24(21-8-5-15-30-21)25-22(27)13-14-26-19-6-3-4-7-20(19)29-16-23(26)28/h3-12,15,24H,2,13-14,16H2,1H3,(H,25,27). The summed E-state index contributed by atoms with van der Waals surface area (Å²) in [4.78, 5) is 27.9. The van der Waals surface area contributed by atoms with Crippen molar-refractivity contribution in [1.29, 1.82) is 0 Å². The Balaban J connectivity index is 1.46. The van der Waals surface area contributed by atoms with Crippen molar-refractivity contribution in [1.82, 2.24) is 5.32 Å². The highest BCUT2D eigenvalue weighted by Gasteiger charge is 2.26. The summed E-state index contributed by atoms with van der Waals surface area (Å²) in [6, 6.07) is 19.6. The van der Waals surface area contributed by atoms with Gasteiger partial charge in [-0.1, -0.05) is 49.4 Å². The molecule has 0 saturated carbocycles. The molecule has 2 heterocycles. The number of aryl methyl sites for hydroxylation is 1. The van der Waals surface area contributed by atoms with Crippen molar-refractivity contribution in [3.8, 4) is 5.75 Å². The smallest absolute Gasteiger partial charge is 0.265 e. The Morgan fingerprint density at radius 3 is 2.67 bits per heavy atom. The molecular formula is C24H24N2O3S. The van der Waals surface area contributed by atoms with E-state index in [1.807, 2.05) is 41.8 Å². The topological polar surface area (TPSA) is 58.6 Å². The van der Waals surface area contributed by atoms with Gasteiger partial charge in [-0.2, -0.15) is 0 Å². The minimum absolute atomic E-state index is 0.000228. The van der Waals surface area contributed by atoms with Crippen molar-refractivity contribution in [2.24, 2.45) is 0 Å². The molecule has 6 heteroatoms. The number of nitrogens with zero attached hydrogens (tertiary/aromatic N) is 1. The Bertz CT molecular complexity index is 1020. The summed E-state index contributed by atoms with van der Waals surface area (Å²) in [5.74, 6) is 0.446. The lowest BCUT2D eigenvalue weighted by Crippen LogP contribution is -2.41. The van der Waals surface area contributed by atoms with E-state index in [9.17, 15) is 9.59 Å². The van der Waals surface area contributed by atoms with E-state index in [-0.39, 0.29) is 30.9 Å². The van der Waals surface area contributed by atoms with Crippen molar-refractivity contribution in [2.75, 3.05) is 18.1 Å². The number of benzene rings is 2. The summed E-state index contributed by atoms with van der Waals surface area (Å²) in [6.07, 6.45) is 1.19. The number of anilines is 1. The Morgan fingerprint density at radius 1 is 1.13 bits per heavy atom. The van der Waals surface area contributed by atoms with E-state index in [1.54, 1.807) is 16.2 Å². The van der Waals surface area contributed by atoms with Crippen LogP contribution in [0.15, 0.2) is 66.0 Å². The first-order valence-corrected chi connectivity index (χ1v) is 11.0. The normalized spacial score (nSPS) is 14.0. The molecule has 1 atom stereocenters. The van der Waals surface area contributed by atoms with E-state index in [1.165, 1.54) is 5.56 Å². The van der Waals surface area contributed by atoms with Gasteiger partial charge >= 0.3 is 0 Å². The fourth-order valence-corrected chi connectivity index (χ4v) is 4.37. The molecule has 1 aliphatic heterocycles. The maximum Gasteiger partial charge on any atom is 0.265 e. The Kier molecular flexibility index (Phi) is 6.14. The fourth-order valence-electron chi connectivity index (χ4n) is 3.57. The van der Waals surface area contributed by atoms with E-state index in [4.69, 9.17) is 4.74 Å². The fraction of sp³-hybridized carbons (Fsp3) is 0.250. The van der Waals surface area contributed by atoms with E-state index in [0.29, 0.717) is 18.0 Å². The molecule has 1 aromatic heterocycles. The zero-order valence-corrected chi connectivity index (χ0v) is 17.7. The average molecular weight is 421 g/mol. The first kappa shape index (κ1) is 20.2. The van der Waals surface area contributed by atoms with Crippen molar-refractivity contribution >= 4 is 28.8 Å². The molecule has 0 saturated heterocycles. The monoisotopic (exact) mass is 420 g/mol. The van der Waals surface area contributed by atoms with Crippen LogP contribution >= 0.6 is 11.3 Å². The van der Waals surface area contributed by atoms with Gasteiger partial charge in [-0.3, -0.25) is 9.59 Å². The third-order valence-electron chi connectivity index (χ3n) is 5.23. The van der Waals surface area contributed by atoms with Gasteiger partial charge in [0.2, 0.25) is 5.91 Å². The van der Waals surface area contributed by atoms with Gasteiger partial charge in [-0.05, 0) is 41.1 Å². The molecule has 0 aliphatic carbocycles. The molecule has 1 aliphatic rings. The lowest BCUT2D eigenvalue weighted by Gasteiger charge is -2.29. The number of thiophene rings is 1. The molecule has 3 aromatic rings. The molecule has 0 bridgehead atoms. The molecule has 2 aromatic carbocycles. The summed E-state index contributed by atoms with van der Waals surface area (Å²) >= 11 is 1.62.